The number of rotatable bonds is 5. The van der Waals surface area contributed by atoms with Gasteiger partial charge in [0.2, 0.25) is 0 Å². The third-order valence-corrected chi connectivity index (χ3v) is 3.22. The van der Waals surface area contributed by atoms with Gasteiger partial charge in [0.05, 0.1) is 0 Å². The minimum absolute atomic E-state index is 0.423. The Morgan fingerprint density at radius 2 is 2.21 bits per heavy atom. The molecule has 2 atom stereocenters. The molecule has 0 aromatic carbocycles. The van der Waals surface area contributed by atoms with Gasteiger partial charge in [-0.05, 0) is 31.6 Å². The molecule has 0 spiro atoms. The maximum Gasteiger partial charge on any atom is 0.323 e. The Kier molecular flexibility index (Phi) is 3.53. The largest absolute Gasteiger partial charge is 0.480 e. The van der Waals surface area contributed by atoms with Crippen molar-refractivity contribution in [2.24, 2.45) is 17.6 Å². The minimum Gasteiger partial charge on any atom is -0.480 e. The number of hydrogen-bond donors (Lipinski definition) is 2. The Hall–Kier alpha value is -0.570. The van der Waals surface area contributed by atoms with E-state index in [4.69, 9.17) is 10.8 Å². The first-order valence-electron chi connectivity index (χ1n) is 5.44. The molecule has 1 fully saturated rings. The molecule has 0 aromatic rings. The standard InChI is InChI=1S/C11H21NO2/c1-8(6-9-4-3-5-9)7-11(2,12)10(13)14/h8-9H,3-7,12H2,1-2H3,(H,13,14)/t8-,11+/m0/s1. The van der Waals surface area contributed by atoms with E-state index in [-0.39, 0.29) is 0 Å². The Morgan fingerprint density at radius 1 is 1.64 bits per heavy atom. The zero-order valence-electron chi connectivity index (χ0n) is 9.12. The fourth-order valence-corrected chi connectivity index (χ4v) is 2.19. The van der Waals surface area contributed by atoms with E-state index >= 15 is 0 Å². The van der Waals surface area contributed by atoms with Gasteiger partial charge in [0, 0.05) is 0 Å². The molecular formula is C11H21NO2. The van der Waals surface area contributed by atoms with Crippen LogP contribution >= 0.6 is 0 Å². The molecule has 0 bridgehead atoms. The van der Waals surface area contributed by atoms with Crippen LogP contribution in [0.4, 0.5) is 0 Å². The fraction of sp³-hybridized carbons (Fsp3) is 0.909. The summed E-state index contributed by atoms with van der Waals surface area (Å²) in [4.78, 5) is 10.8. The summed E-state index contributed by atoms with van der Waals surface area (Å²) in [5.41, 5.74) is 4.64. The first kappa shape index (κ1) is 11.5. The molecule has 1 rings (SSSR count). The summed E-state index contributed by atoms with van der Waals surface area (Å²) in [5, 5.41) is 8.87. The summed E-state index contributed by atoms with van der Waals surface area (Å²) in [5.74, 6) is 0.360. The molecule has 82 valence electrons. The van der Waals surface area contributed by atoms with Gasteiger partial charge >= 0.3 is 5.97 Å². The van der Waals surface area contributed by atoms with E-state index in [1.807, 2.05) is 0 Å². The van der Waals surface area contributed by atoms with Crippen molar-refractivity contribution in [1.29, 1.82) is 0 Å². The smallest absolute Gasteiger partial charge is 0.323 e. The highest BCUT2D eigenvalue weighted by Crippen LogP contribution is 2.34. The van der Waals surface area contributed by atoms with E-state index in [2.05, 4.69) is 6.92 Å². The number of hydrogen-bond acceptors (Lipinski definition) is 2. The molecule has 0 aliphatic heterocycles. The Balaban J connectivity index is 2.30. The highest BCUT2D eigenvalue weighted by atomic mass is 16.4. The molecule has 1 aliphatic carbocycles. The molecule has 0 aromatic heterocycles. The molecule has 0 unspecified atom stereocenters. The van der Waals surface area contributed by atoms with E-state index < -0.39 is 11.5 Å². The van der Waals surface area contributed by atoms with Crippen LogP contribution in [0.5, 0.6) is 0 Å². The van der Waals surface area contributed by atoms with Crippen LogP contribution in [0.2, 0.25) is 0 Å². The van der Waals surface area contributed by atoms with E-state index in [0.717, 1.165) is 12.3 Å². The van der Waals surface area contributed by atoms with Crippen LogP contribution in [0.3, 0.4) is 0 Å². The van der Waals surface area contributed by atoms with Crippen LogP contribution in [0.1, 0.15) is 46.0 Å². The van der Waals surface area contributed by atoms with Gasteiger partial charge in [0.15, 0.2) is 0 Å². The zero-order chi connectivity index (χ0) is 10.8. The van der Waals surface area contributed by atoms with Crippen LogP contribution in [-0.2, 0) is 4.79 Å². The maximum absolute atomic E-state index is 10.8. The Labute approximate surface area is 85.7 Å². The normalized spacial score (nSPS) is 23.6. The van der Waals surface area contributed by atoms with Crippen molar-refractivity contribution in [3.8, 4) is 0 Å². The lowest BCUT2D eigenvalue weighted by Gasteiger charge is -2.30. The van der Waals surface area contributed by atoms with Gasteiger partial charge in [-0.15, -0.1) is 0 Å². The maximum atomic E-state index is 10.8. The van der Waals surface area contributed by atoms with Crippen molar-refractivity contribution in [3.63, 3.8) is 0 Å². The molecule has 0 heterocycles. The summed E-state index contributed by atoms with van der Waals surface area (Å²) in [6, 6.07) is 0. The number of aliphatic carboxylic acids is 1. The van der Waals surface area contributed by atoms with Gasteiger partial charge in [-0.3, -0.25) is 4.79 Å². The second-order valence-electron chi connectivity index (χ2n) is 5.06. The molecule has 1 aliphatic rings. The predicted octanol–water partition coefficient (Wildman–Crippen LogP) is 2.00. The lowest BCUT2D eigenvalue weighted by molar-refractivity contribution is -0.143. The van der Waals surface area contributed by atoms with E-state index in [9.17, 15) is 4.79 Å². The van der Waals surface area contributed by atoms with Crippen molar-refractivity contribution in [2.75, 3.05) is 0 Å². The van der Waals surface area contributed by atoms with Crippen molar-refractivity contribution >= 4 is 5.97 Å². The molecular weight excluding hydrogens is 178 g/mol. The number of carboxylic acid groups (broad SMARTS) is 1. The molecule has 3 nitrogen and oxygen atoms in total. The van der Waals surface area contributed by atoms with E-state index in [1.54, 1.807) is 6.92 Å². The first-order chi connectivity index (χ1) is 6.42. The van der Waals surface area contributed by atoms with E-state index in [1.165, 1.54) is 19.3 Å². The third-order valence-electron chi connectivity index (χ3n) is 3.22. The summed E-state index contributed by atoms with van der Waals surface area (Å²) >= 11 is 0. The number of carboxylic acids is 1. The molecule has 14 heavy (non-hydrogen) atoms. The highest BCUT2D eigenvalue weighted by molar-refractivity contribution is 5.77. The third kappa shape index (κ3) is 2.98. The second-order valence-corrected chi connectivity index (χ2v) is 5.06. The minimum atomic E-state index is -1.05. The van der Waals surface area contributed by atoms with E-state index in [0.29, 0.717) is 12.3 Å². The lowest BCUT2D eigenvalue weighted by atomic mass is 9.76. The van der Waals surface area contributed by atoms with Crippen LogP contribution < -0.4 is 5.73 Å². The predicted molar refractivity (Wildman–Crippen MR) is 56.0 cm³/mol. The van der Waals surface area contributed by atoms with Gasteiger partial charge in [-0.2, -0.15) is 0 Å². The molecule has 3 heteroatoms. The van der Waals surface area contributed by atoms with Gasteiger partial charge in [-0.25, -0.2) is 0 Å². The number of nitrogens with two attached hydrogens (primary N) is 1. The van der Waals surface area contributed by atoms with Gasteiger partial charge in [-0.1, -0.05) is 26.2 Å². The number of carbonyl (C=O) groups is 1. The van der Waals surface area contributed by atoms with Crippen LogP contribution in [0.15, 0.2) is 0 Å². The molecule has 1 saturated carbocycles. The fourth-order valence-electron chi connectivity index (χ4n) is 2.19. The molecule has 3 N–H and O–H groups in total. The summed E-state index contributed by atoms with van der Waals surface area (Å²) in [6.07, 6.45) is 5.70. The lowest BCUT2D eigenvalue weighted by Crippen LogP contribution is -2.46. The van der Waals surface area contributed by atoms with Crippen molar-refractivity contribution < 1.29 is 9.90 Å². The van der Waals surface area contributed by atoms with Crippen LogP contribution in [0, 0.1) is 11.8 Å². The van der Waals surface area contributed by atoms with Crippen molar-refractivity contribution in [3.05, 3.63) is 0 Å². The summed E-state index contributed by atoms with van der Waals surface area (Å²) in [7, 11) is 0. The topological polar surface area (TPSA) is 63.3 Å². The average Bonchev–Trinajstić information content (AvgIpc) is 1.96. The Bertz CT molecular complexity index is 209. The average molecular weight is 199 g/mol. The summed E-state index contributed by atoms with van der Waals surface area (Å²) < 4.78 is 0. The molecule has 0 saturated heterocycles. The highest BCUT2D eigenvalue weighted by Gasteiger charge is 2.31. The summed E-state index contributed by atoms with van der Waals surface area (Å²) in [6.45, 7) is 3.71. The molecule has 0 radical (unpaired) electrons. The Morgan fingerprint density at radius 3 is 2.57 bits per heavy atom. The monoisotopic (exact) mass is 199 g/mol. The van der Waals surface area contributed by atoms with Crippen LogP contribution in [-0.4, -0.2) is 16.6 Å². The van der Waals surface area contributed by atoms with Crippen LogP contribution in [0.25, 0.3) is 0 Å². The zero-order valence-corrected chi connectivity index (χ0v) is 9.12. The quantitative estimate of drug-likeness (QED) is 0.712. The second kappa shape index (κ2) is 4.30. The van der Waals surface area contributed by atoms with Gasteiger partial charge < -0.3 is 10.8 Å². The van der Waals surface area contributed by atoms with Crippen molar-refractivity contribution in [2.45, 2.75) is 51.5 Å². The first-order valence-corrected chi connectivity index (χ1v) is 5.44. The van der Waals surface area contributed by atoms with Crippen molar-refractivity contribution in [1.82, 2.24) is 0 Å². The SMILES string of the molecule is C[C@@H](CC1CCC1)C[C@@](C)(N)C(=O)O. The van der Waals surface area contributed by atoms with Gasteiger partial charge in [0.1, 0.15) is 5.54 Å². The van der Waals surface area contributed by atoms with Gasteiger partial charge in [0.25, 0.3) is 0 Å². The molecule has 0 amide bonds.